The molecule has 0 bridgehead atoms. The Hall–Kier alpha value is -1.58. The van der Waals surface area contributed by atoms with Gasteiger partial charge in [-0.1, -0.05) is 31.4 Å². The molecule has 0 amide bonds. The number of hydrogen-bond donors (Lipinski definition) is 2. The first-order valence-corrected chi connectivity index (χ1v) is 4.57. The number of para-hydroxylation sites is 1. The fraction of sp³-hybridized carbons (Fsp3) is 0.167. The van der Waals surface area contributed by atoms with Crippen molar-refractivity contribution < 1.29 is 10.2 Å². The molecular weight excluding hydrogens is 190 g/mol. The molecule has 1 aromatic rings. The van der Waals surface area contributed by atoms with E-state index in [0.29, 0.717) is 5.69 Å². The zero-order valence-corrected chi connectivity index (χ0v) is 8.37. The van der Waals surface area contributed by atoms with Crippen LogP contribution in [0.1, 0.15) is 0 Å². The van der Waals surface area contributed by atoms with Crippen molar-refractivity contribution in [1.29, 1.82) is 0 Å². The molecule has 1 radical (unpaired) electrons. The second-order valence-electron chi connectivity index (χ2n) is 2.95. The molecule has 0 aliphatic heterocycles. The van der Waals surface area contributed by atoms with E-state index in [4.69, 9.17) is 0 Å². The van der Waals surface area contributed by atoms with Crippen LogP contribution in [0.25, 0.3) is 0 Å². The molecule has 2 atom stereocenters. The van der Waals surface area contributed by atoms with Gasteiger partial charge in [-0.3, -0.25) is 0 Å². The van der Waals surface area contributed by atoms with Gasteiger partial charge in [0.2, 0.25) is 0 Å². The van der Waals surface area contributed by atoms with Crippen LogP contribution in [0, 0.1) is 6.07 Å². The molecule has 2 N–H and O–H groups in total. The van der Waals surface area contributed by atoms with Gasteiger partial charge in [-0.25, -0.2) is 0 Å². The summed E-state index contributed by atoms with van der Waals surface area (Å²) in [7, 11) is 0. The predicted molar refractivity (Wildman–Crippen MR) is 60.2 cm³/mol. The van der Waals surface area contributed by atoms with E-state index in [2.05, 4.69) is 19.2 Å². The van der Waals surface area contributed by atoms with Gasteiger partial charge in [0.25, 0.3) is 0 Å². The average Bonchev–Trinajstić information content (AvgIpc) is 2.30. The third-order valence-corrected chi connectivity index (χ3v) is 1.96. The molecule has 3 heteroatoms. The maximum absolute atomic E-state index is 9.65. The molecule has 15 heavy (non-hydrogen) atoms. The summed E-state index contributed by atoms with van der Waals surface area (Å²) >= 11 is 0. The highest BCUT2D eigenvalue weighted by atomic mass is 16.3. The Morgan fingerprint density at radius 1 is 1.20 bits per heavy atom. The Balaban J connectivity index is 3.01. The molecule has 1 aromatic carbocycles. The highest BCUT2D eigenvalue weighted by Gasteiger charge is 2.18. The molecule has 0 saturated heterocycles. The maximum Gasteiger partial charge on any atom is 0.148 e. The molecule has 2 unspecified atom stereocenters. The van der Waals surface area contributed by atoms with Crippen molar-refractivity contribution >= 4 is 5.69 Å². The Labute approximate surface area is 89.6 Å². The quantitative estimate of drug-likeness (QED) is 0.561. The van der Waals surface area contributed by atoms with E-state index in [9.17, 15) is 10.2 Å². The average molecular weight is 204 g/mol. The van der Waals surface area contributed by atoms with E-state index in [1.807, 2.05) is 6.07 Å². The summed E-state index contributed by atoms with van der Waals surface area (Å²) in [6.45, 7) is 6.95. The van der Waals surface area contributed by atoms with E-state index in [1.165, 1.54) is 17.1 Å². The zero-order valence-electron chi connectivity index (χ0n) is 8.37. The van der Waals surface area contributed by atoms with Crippen molar-refractivity contribution in [1.82, 2.24) is 0 Å². The third-order valence-electron chi connectivity index (χ3n) is 1.96. The fourth-order valence-corrected chi connectivity index (χ4v) is 1.21. The maximum atomic E-state index is 9.65. The Bertz CT molecular complexity index is 310. The van der Waals surface area contributed by atoms with Gasteiger partial charge in [0.1, 0.15) is 12.5 Å². The highest BCUT2D eigenvalue weighted by molar-refractivity contribution is 5.47. The van der Waals surface area contributed by atoms with Crippen molar-refractivity contribution in [3.05, 3.63) is 55.6 Å². The number of aliphatic hydroxyl groups excluding tert-OH is 2. The van der Waals surface area contributed by atoms with E-state index in [0.717, 1.165) is 0 Å². The molecule has 1 rings (SSSR count). The third kappa shape index (κ3) is 2.68. The second-order valence-corrected chi connectivity index (χ2v) is 2.95. The van der Waals surface area contributed by atoms with Crippen LogP contribution < -0.4 is 4.90 Å². The first-order chi connectivity index (χ1) is 7.20. The minimum Gasteiger partial charge on any atom is -0.370 e. The molecule has 0 fully saturated rings. The van der Waals surface area contributed by atoms with Crippen LogP contribution in [0.5, 0.6) is 0 Å². The summed E-state index contributed by atoms with van der Waals surface area (Å²) < 4.78 is 0. The van der Waals surface area contributed by atoms with Gasteiger partial charge in [-0.15, -0.1) is 0 Å². The first-order valence-electron chi connectivity index (χ1n) is 4.57. The van der Waals surface area contributed by atoms with Crippen LogP contribution in [0.15, 0.2) is 49.6 Å². The summed E-state index contributed by atoms with van der Waals surface area (Å²) in [6, 6.07) is 9.95. The largest absolute Gasteiger partial charge is 0.370 e. The van der Waals surface area contributed by atoms with Crippen molar-refractivity contribution in [2.45, 2.75) is 12.5 Å². The number of nitrogens with zero attached hydrogens (tertiary/aromatic N) is 1. The summed E-state index contributed by atoms with van der Waals surface area (Å²) in [5, 5.41) is 19.3. The lowest BCUT2D eigenvalue weighted by molar-refractivity contribution is 0.136. The standard InChI is InChI=1S/C12H14NO2/c1-3-11(14)13(12(15)4-2)10-8-6-5-7-9-10/h3-8,11-12,14-15H,1-2H2. The van der Waals surface area contributed by atoms with Gasteiger partial charge in [-0.05, 0) is 18.2 Å². The second kappa shape index (κ2) is 5.34. The lowest BCUT2D eigenvalue weighted by Crippen LogP contribution is -2.41. The van der Waals surface area contributed by atoms with Gasteiger partial charge in [0.05, 0.1) is 0 Å². The van der Waals surface area contributed by atoms with E-state index >= 15 is 0 Å². The lowest BCUT2D eigenvalue weighted by atomic mass is 10.2. The van der Waals surface area contributed by atoms with Crippen LogP contribution in [-0.4, -0.2) is 22.7 Å². The SMILES string of the molecule is C=CC(O)N(c1[c]cccc1)C(O)C=C. The van der Waals surface area contributed by atoms with E-state index < -0.39 is 12.5 Å². The van der Waals surface area contributed by atoms with Crippen molar-refractivity contribution in [2.24, 2.45) is 0 Å². The number of hydrogen-bond acceptors (Lipinski definition) is 3. The van der Waals surface area contributed by atoms with Crippen molar-refractivity contribution in [3.63, 3.8) is 0 Å². The van der Waals surface area contributed by atoms with Gasteiger partial charge in [-0.2, -0.15) is 0 Å². The smallest absolute Gasteiger partial charge is 0.148 e. The zero-order chi connectivity index (χ0) is 11.3. The Kier molecular flexibility index (Phi) is 4.09. The molecule has 0 spiro atoms. The monoisotopic (exact) mass is 204 g/mol. The summed E-state index contributed by atoms with van der Waals surface area (Å²) in [4.78, 5) is 1.35. The van der Waals surface area contributed by atoms with Crippen LogP contribution in [-0.2, 0) is 0 Å². The normalized spacial score (nSPS) is 14.0. The minimum atomic E-state index is -0.975. The van der Waals surface area contributed by atoms with Crippen molar-refractivity contribution in [3.8, 4) is 0 Å². The molecule has 0 heterocycles. The summed E-state index contributed by atoms with van der Waals surface area (Å²) in [6.07, 6.45) is 0.703. The first kappa shape index (κ1) is 11.5. The molecule has 0 saturated carbocycles. The molecule has 0 aromatic heterocycles. The van der Waals surface area contributed by atoms with Gasteiger partial charge >= 0.3 is 0 Å². The summed E-state index contributed by atoms with van der Waals surface area (Å²) in [5.74, 6) is 0. The molecule has 0 aliphatic carbocycles. The van der Waals surface area contributed by atoms with E-state index in [1.54, 1.807) is 18.2 Å². The molecule has 79 valence electrons. The predicted octanol–water partition coefficient (Wildman–Crippen LogP) is 1.30. The summed E-state index contributed by atoms with van der Waals surface area (Å²) in [5.41, 5.74) is 0.581. The van der Waals surface area contributed by atoms with Crippen LogP contribution in [0.2, 0.25) is 0 Å². The molecule has 0 aliphatic rings. The highest BCUT2D eigenvalue weighted by Crippen LogP contribution is 2.18. The molecule has 3 nitrogen and oxygen atoms in total. The van der Waals surface area contributed by atoms with Crippen LogP contribution >= 0.6 is 0 Å². The van der Waals surface area contributed by atoms with Crippen LogP contribution in [0.4, 0.5) is 5.69 Å². The van der Waals surface area contributed by atoms with Gasteiger partial charge in [0, 0.05) is 11.8 Å². The Morgan fingerprint density at radius 2 is 1.80 bits per heavy atom. The number of aliphatic hydroxyl groups is 2. The van der Waals surface area contributed by atoms with E-state index in [-0.39, 0.29) is 0 Å². The van der Waals surface area contributed by atoms with Crippen molar-refractivity contribution in [2.75, 3.05) is 4.90 Å². The fourth-order valence-electron chi connectivity index (χ4n) is 1.21. The van der Waals surface area contributed by atoms with Gasteiger partial charge < -0.3 is 15.1 Å². The number of rotatable bonds is 5. The Morgan fingerprint density at radius 3 is 2.20 bits per heavy atom. The topological polar surface area (TPSA) is 43.7 Å². The molecular formula is C12H14NO2. The van der Waals surface area contributed by atoms with Gasteiger partial charge in [0.15, 0.2) is 0 Å². The number of anilines is 1. The lowest BCUT2D eigenvalue weighted by Gasteiger charge is -2.30. The van der Waals surface area contributed by atoms with Crippen LogP contribution in [0.3, 0.4) is 0 Å². The number of benzene rings is 1. The minimum absolute atomic E-state index is 0.581.